The van der Waals surface area contributed by atoms with Gasteiger partial charge in [-0.05, 0) is 32.1 Å². The lowest BCUT2D eigenvalue weighted by atomic mass is 10.1. The topological polar surface area (TPSA) is 63.2 Å². The Kier molecular flexibility index (Phi) is 4.21. The van der Waals surface area contributed by atoms with E-state index in [2.05, 4.69) is 15.6 Å². The number of ether oxygens (including phenoxy) is 1. The van der Waals surface area contributed by atoms with E-state index in [1.165, 1.54) is 12.8 Å². The highest BCUT2D eigenvalue weighted by molar-refractivity contribution is 7.09. The van der Waals surface area contributed by atoms with Gasteiger partial charge in [-0.25, -0.2) is 9.78 Å². The maximum Gasteiger partial charge on any atom is 0.315 e. The first kappa shape index (κ1) is 13.8. The minimum absolute atomic E-state index is 0.0773. The Balaban J connectivity index is 1.52. The molecule has 0 spiro atoms. The predicted molar refractivity (Wildman–Crippen MR) is 77.8 cm³/mol. The van der Waals surface area contributed by atoms with Crippen molar-refractivity contribution >= 4 is 17.4 Å². The minimum Gasteiger partial charge on any atom is -0.381 e. The average molecular weight is 295 g/mol. The van der Waals surface area contributed by atoms with Gasteiger partial charge in [0.1, 0.15) is 5.01 Å². The minimum atomic E-state index is -0.0818. The number of nitrogens with zero attached hydrogens (tertiary/aromatic N) is 1. The van der Waals surface area contributed by atoms with Crippen molar-refractivity contribution in [2.45, 2.75) is 32.2 Å². The maximum absolute atomic E-state index is 12.0. The smallest absolute Gasteiger partial charge is 0.315 e. The number of urea groups is 1. The fraction of sp³-hybridized carbons (Fsp3) is 0.714. The first-order valence-corrected chi connectivity index (χ1v) is 8.14. The van der Waals surface area contributed by atoms with E-state index in [9.17, 15) is 4.79 Å². The molecule has 3 rings (SSSR count). The summed E-state index contributed by atoms with van der Waals surface area (Å²) >= 11 is 1.64. The number of hydrogen-bond acceptors (Lipinski definition) is 4. The second-order valence-corrected chi connectivity index (χ2v) is 6.62. The van der Waals surface area contributed by atoms with Crippen LogP contribution in [-0.4, -0.2) is 30.8 Å². The van der Waals surface area contributed by atoms with Crippen LogP contribution in [-0.2, 0) is 4.74 Å². The van der Waals surface area contributed by atoms with Gasteiger partial charge in [0.05, 0.1) is 12.6 Å². The highest BCUT2D eigenvalue weighted by atomic mass is 32.1. The third kappa shape index (κ3) is 3.49. The Labute approximate surface area is 123 Å². The number of carbonyl (C=O) groups excluding carboxylic acids is 1. The van der Waals surface area contributed by atoms with Crippen LogP contribution >= 0.6 is 11.3 Å². The van der Waals surface area contributed by atoms with Crippen LogP contribution in [0.25, 0.3) is 0 Å². The number of aromatic nitrogens is 1. The van der Waals surface area contributed by atoms with Crippen molar-refractivity contribution in [2.24, 2.45) is 11.8 Å². The normalized spacial score (nSPS) is 23.6. The lowest BCUT2D eigenvalue weighted by molar-refractivity contribution is 0.185. The maximum atomic E-state index is 12.0. The molecule has 2 atom stereocenters. The number of nitrogens with one attached hydrogen (secondary N) is 2. The molecule has 0 bridgehead atoms. The molecule has 1 saturated carbocycles. The predicted octanol–water partition coefficient (Wildman–Crippen LogP) is 2.24. The van der Waals surface area contributed by atoms with E-state index in [1.807, 2.05) is 12.3 Å². The summed E-state index contributed by atoms with van der Waals surface area (Å²) in [6.45, 7) is 4.26. The number of aryl methyl sites for hydroxylation is 1. The molecule has 1 aliphatic carbocycles. The van der Waals surface area contributed by atoms with E-state index in [-0.39, 0.29) is 12.1 Å². The van der Waals surface area contributed by atoms with Crippen LogP contribution in [0, 0.1) is 18.8 Å². The molecule has 2 fully saturated rings. The van der Waals surface area contributed by atoms with Gasteiger partial charge in [0, 0.05) is 30.1 Å². The molecule has 1 aromatic rings. The Bertz CT molecular complexity index is 467. The van der Waals surface area contributed by atoms with Crippen molar-refractivity contribution in [3.05, 3.63) is 16.1 Å². The van der Waals surface area contributed by atoms with Crippen LogP contribution in [0.4, 0.5) is 4.79 Å². The van der Waals surface area contributed by atoms with Crippen molar-refractivity contribution in [3.8, 4) is 0 Å². The molecule has 2 amide bonds. The molecule has 20 heavy (non-hydrogen) atoms. The number of carbonyl (C=O) groups is 1. The number of thiazole rings is 1. The molecule has 6 heteroatoms. The Morgan fingerprint density at radius 2 is 2.40 bits per heavy atom. The summed E-state index contributed by atoms with van der Waals surface area (Å²) in [5, 5.41) is 9.12. The standard InChI is InChI=1S/C14H21N3O2S/c1-9-8-20-13(16-9)12(11-2-3-11)17-14(18)15-6-10-4-5-19-7-10/h8,10-12H,2-7H2,1H3,(H2,15,17,18)/t10-,12+/m1/s1. The fourth-order valence-electron chi connectivity index (χ4n) is 2.50. The SMILES string of the molecule is Cc1csc([C@@H](NC(=O)NC[C@H]2CCOC2)C2CC2)n1. The summed E-state index contributed by atoms with van der Waals surface area (Å²) in [7, 11) is 0. The quantitative estimate of drug-likeness (QED) is 0.875. The summed E-state index contributed by atoms with van der Waals surface area (Å²) in [4.78, 5) is 16.6. The van der Waals surface area contributed by atoms with E-state index >= 15 is 0 Å². The molecule has 0 aromatic carbocycles. The Morgan fingerprint density at radius 1 is 1.55 bits per heavy atom. The molecule has 1 saturated heterocycles. The Hall–Kier alpha value is -1.14. The van der Waals surface area contributed by atoms with Gasteiger partial charge in [0.15, 0.2) is 0 Å². The van der Waals surface area contributed by atoms with Crippen molar-refractivity contribution in [3.63, 3.8) is 0 Å². The number of hydrogen-bond donors (Lipinski definition) is 2. The number of rotatable bonds is 5. The van der Waals surface area contributed by atoms with Gasteiger partial charge in [0.25, 0.3) is 0 Å². The van der Waals surface area contributed by atoms with Crippen LogP contribution in [0.15, 0.2) is 5.38 Å². The molecule has 2 heterocycles. The van der Waals surface area contributed by atoms with E-state index in [1.54, 1.807) is 11.3 Å². The molecule has 0 radical (unpaired) electrons. The Morgan fingerprint density at radius 3 is 3.00 bits per heavy atom. The number of amides is 2. The molecule has 2 N–H and O–H groups in total. The molecule has 1 aromatic heterocycles. The van der Waals surface area contributed by atoms with Crippen LogP contribution in [0.5, 0.6) is 0 Å². The van der Waals surface area contributed by atoms with Crippen molar-refractivity contribution in [1.29, 1.82) is 0 Å². The van der Waals surface area contributed by atoms with Crippen molar-refractivity contribution in [2.75, 3.05) is 19.8 Å². The fourth-order valence-corrected chi connectivity index (χ4v) is 3.44. The van der Waals surface area contributed by atoms with Crippen LogP contribution in [0.2, 0.25) is 0 Å². The molecular weight excluding hydrogens is 274 g/mol. The second-order valence-electron chi connectivity index (χ2n) is 5.73. The van der Waals surface area contributed by atoms with Gasteiger partial charge >= 0.3 is 6.03 Å². The van der Waals surface area contributed by atoms with Gasteiger partial charge in [-0.2, -0.15) is 0 Å². The lowest BCUT2D eigenvalue weighted by Crippen LogP contribution is -2.40. The van der Waals surface area contributed by atoms with Gasteiger partial charge in [-0.3, -0.25) is 0 Å². The van der Waals surface area contributed by atoms with Gasteiger partial charge in [-0.1, -0.05) is 0 Å². The molecular formula is C14H21N3O2S. The van der Waals surface area contributed by atoms with Crippen LogP contribution in [0.3, 0.4) is 0 Å². The van der Waals surface area contributed by atoms with Gasteiger partial charge in [0.2, 0.25) is 0 Å². The summed E-state index contributed by atoms with van der Waals surface area (Å²) in [6, 6.07) is -0.00446. The highest BCUT2D eigenvalue weighted by Gasteiger charge is 2.35. The van der Waals surface area contributed by atoms with E-state index in [4.69, 9.17) is 4.74 Å². The zero-order chi connectivity index (χ0) is 13.9. The lowest BCUT2D eigenvalue weighted by Gasteiger charge is -2.17. The zero-order valence-electron chi connectivity index (χ0n) is 11.7. The van der Waals surface area contributed by atoms with Gasteiger partial charge < -0.3 is 15.4 Å². The first-order chi connectivity index (χ1) is 9.72. The largest absolute Gasteiger partial charge is 0.381 e. The molecule has 110 valence electrons. The van der Waals surface area contributed by atoms with E-state index < -0.39 is 0 Å². The highest BCUT2D eigenvalue weighted by Crippen LogP contribution is 2.41. The zero-order valence-corrected chi connectivity index (χ0v) is 12.5. The monoisotopic (exact) mass is 295 g/mol. The third-order valence-corrected chi connectivity index (χ3v) is 4.90. The summed E-state index contributed by atoms with van der Waals surface area (Å²) in [5.41, 5.74) is 1.03. The van der Waals surface area contributed by atoms with E-state index in [0.29, 0.717) is 18.4 Å². The average Bonchev–Trinajstić information content (AvgIpc) is 2.96. The second kappa shape index (κ2) is 6.10. The molecule has 5 nitrogen and oxygen atoms in total. The summed E-state index contributed by atoms with van der Waals surface area (Å²) in [5.74, 6) is 1.02. The molecule has 1 aliphatic heterocycles. The van der Waals surface area contributed by atoms with E-state index in [0.717, 1.165) is 30.3 Å². The molecule has 2 aliphatic rings. The molecule has 0 unspecified atom stereocenters. The third-order valence-electron chi connectivity index (χ3n) is 3.86. The van der Waals surface area contributed by atoms with Crippen molar-refractivity contribution < 1.29 is 9.53 Å². The van der Waals surface area contributed by atoms with Crippen LogP contribution < -0.4 is 10.6 Å². The van der Waals surface area contributed by atoms with Crippen LogP contribution in [0.1, 0.15) is 36.0 Å². The van der Waals surface area contributed by atoms with Gasteiger partial charge in [-0.15, -0.1) is 11.3 Å². The van der Waals surface area contributed by atoms with Crippen molar-refractivity contribution in [1.82, 2.24) is 15.6 Å². The summed E-state index contributed by atoms with van der Waals surface area (Å²) < 4.78 is 5.31. The first-order valence-electron chi connectivity index (χ1n) is 7.26. The summed E-state index contributed by atoms with van der Waals surface area (Å²) in [6.07, 6.45) is 3.40.